The van der Waals surface area contributed by atoms with Crippen molar-refractivity contribution in [2.75, 3.05) is 11.5 Å². The van der Waals surface area contributed by atoms with Crippen LogP contribution in [-0.4, -0.2) is 13.0 Å². The Morgan fingerprint density at radius 3 is 2.42 bits per heavy atom. The third kappa shape index (κ3) is 2.11. The molecule has 0 amide bonds. The number of benzene rings is 2. The standard InChI is InChI=1S/C10H9N3O4S2/c11-5-1-2-7(19(15,16)17)4-3-6(18)9(12)10(13-14)8(4)5/h1-3,18H,11-12H2,(H,15,16,17). The first-order valence-corrected chi connectivity index (χ1v) is 6.80. The SMILES string of the molecule is Nc1c(S)cc2c(S(=O)(=O)O)ccc(N)c2c1N=O. The molecule has 5 N–H and O–H groups in total. The van der Waals surface area contributed by atoms with Gasteiger partial charge in [-0.1, -0.05) is 0 Å². The zero-order valence-electron chi connectivity index (χ0n) is 9.36. The van der Waals surface area contributed by atoms with Crippen LogP contribution in [0.2, 0.25) is 0 Å². The average Bonchev–Trinajstić information content (AvgIpc) is 2.30. The number of anilines is 2. The number of nitroso groups, excluding NO2 is 1. The summed E-state index contributed by atoms with van der Waals surface area (Å²) in [6.45, 7) is 0. The second kappa shape index (κ2) is 4.37. The van der Waals surface area contributed by atoms with Crippen molar-refractivity contribution in [1.82, 2.24) is 0 Å². The molecule has 0 saturated carbocycles. The third-order valence-electron chi connectivity index (χ3n) is 2.66. The molecule has 0 heterocycles. The zero-order valence-corrected chi connectivity index (χ0v) is 11.1. The number of nitrogens with two attached hydrogens (primary N) is 2. The summed E-state index contributed by atoms with van der Waals surface area (Å²) < 4.78 is 31.8. The molecule has 0 spiro atoms. The molecular weight excluding hydrogens is 290 g/mol. The fraction of sp³-hybridized carbons (Fsp3) is 0. The highest BCUT2D eigenvalue weighted by atomic mass is 32.2. The summed E-state index contributed by atoms with van der Waals surface area (Å²) in [5.41, 5.74) is 11.3. The van der Waals surface area contributed by atoms with E-state index in [-0.39, 0.29) is 32.7 Å². The molecule has 7 nitrogen and oxygen atoms in total. The highest BCUT2D eigenvalue weighted by molar-refractivity contribution is 7.86. The molecule has 0 bridgehead atoms. The van der Waals surface area contributed by atoms with Gasteiger partial charge in [-0.05, 0) is 23.4 Å². The molecule has 0 aliphatic heterocycles. The van der Waals surface area contributed by atoms with Crippen LogP contribution in [0.15, 0.2) is 33.2 Å². The van der Waals surface area contributed by atoms with E-state index in [1.165, 1.54) is 12.1 Å². The maximum absolute atomic E-state index is 11.3. The van der Waals surface area contributed by atoms with Crippen LogP contribution in [0.25, 0.3) is 10.8 Å². The molecule has 0 saturated heterocycles. The van der Waals surface area contributed by atoms with E-state index in [0.29, 0.717) is 0 Å². The van der Waals surface area contributed by atoms with Crippen LogP contribution in [0.4, 0.5) is 17.1 Å². The Kier molecular flexibility index (Phi) is 3.12. The number of hydrogen-bond donors (Lipinski definition) is 4. The highest BCUT2D eigenvalue weighted by Crippen LogP contribution is 2.42. The Hall–Kier alpha value is -1.84. The van der Waals surface area contributed by atoms with Gasteiger partial charge in [-0.2, -0.15) is 8.42 Å². The van der Waals surface area contributed by atoms with Gasteiger partial charge >= 0.3 is 0 Å². The van der Waals surface area contributed by atoms with Crippen molar-refractivity contribution in [3.63, 3.8) is 0 Å². The van der Waals surface area contributed by atoms with E-state index in [4.69, 9.17) is 16.0 Å². The first-order valence-electron chi connectivity index (χ1n) is 4.92. The van der Waals surface area contributed by atoms with Crippen molar-refractivity contribution in [3.8, 4) is 0 Å². The minimum Gasteiger partial charge on any atom is -0.398 e. The Morgan fingerprint density at radius 2 is 1.89 bits per heavy atom. The van der Waals surface area contributed by atoms with Gasteiger partial charge in [-0.25, -0.2) is 0 Å². The van der Waals surface area contributed by atoms with E-state index >= 15 is 0 Å². The summed E-state index contributed by atoms with van der Waals surface area (Å²) in [5.74, 6) is 0. The van der Waals surface area contributed by atoms with Gasteiger partial charge < -0.3 is 11.5 Å². The maximum atomic E-state index is 11.3. The van der Waals surface area contributed by atoms with Gasteiger partial charge in [0.1, 0.15) is 10.6 Å². The summed E-state index contributed by atoms with van der Waals surface area (Å²) in [6.07, 6.45) is 0. The van der Waals surface area contributed by atoms with Crippen molar-refractivity contribution in [2.24, 2.45) is 5.18 Å². The molecule has 2 aromatic rings. The summed E-state index contributed by atoms with van der Waals surface area (Å²) in [6, 6.07) is 3.69. The van der Waals surface area contributed by atoms with Crippen molar-refractivity contribution >= 4 is 50.6 Å². The van der Waals surface area contributed by atoms with Crippen molar-refractivity contribution in [3.05, 3.63) is 23.1 Å². The van der Waals surface area contributed by atoms with Gasteiger partial charge in [0.25, 0.3) is 10.1 Å². The summed E-state index contributed by atoms with van der Waals surface area (Å²) in [7, 11) is -4.47. The normalized spacial score (nSPS) is 11.7. The number of hydrogen-bond acceptors (Lipinski definition) is 7. The largest absolute Gasteiger partial charge is 0.398 e. The lowest BCUT2D eigenvalue weighted by molar-refractivity contribution is 0.484. The van der Waals surface area contributed by atoms with Gasteiger partial charge in [0.2, 0.25) is 0 Å². The Morgan fingerprint density at radius 1 is 1.26 bits per heavy atom. The molecular formula is C10H9N3O4S2. The molecule has 100 valence electrons. The second-order valence-electron chi connectivity index (χ2n) is 3.80. The third-order valence-corrected chi connectivity index (χ3v) is 3.94. The van der Waals surface area contributed by atoms with E-state index in [1.54, 1.807) is 0 Å². The minimum atomic E-state index is -4.47. The molecule has 2 rings (SSSR count). The molecule has 19 heavy (non-hydrogen) atoms. The smallest absolute Gasteiger partial charge is 0.295 e. The first kappa shape index (κ1) is 13.6. The Labute approximate surface area is 113 Å². The molecule has 0 atom stereocenters. The number of nitrogens with zero attached hydrogens (tertiary/aromatic N) is 1. The summed E-state index contributed by atoms with van der Waals surface area (Å²) >= 11 is 4.03. The quantitative estimate of drug-likeness (QED) is 0.289. The van der Waals surface area contributed by atoms with Crippen LogP contribution in [0, 0.1) is 4.91 Å². The van der Waals surface area contributed by atoms with Crippen molar-refractivity contribution in [2.45, 2.75) is 9.79 Å². The lowest BCUT2D eigenvalue weighted by atomic mass is 10.1. The van der Waals surface area contributed by atoms with Crippen LogP contribution in [0.5, 0.6) is 0 Å². The topological polar surface area (TPSA) is 136 Å². The first-order chi connectivity index (χ1) is 8.77. The van der Waals surface area contributed by atoms with Crippen LogP contribution >= 0.6 is 12.6 Å². The number of nitrogen functional groups attached to an aromatic ring is 2. The van der Waals surface area contributed by atoms with Crippen molar-refractivity contribution < 1.29 is 13.0 Å². The van der Waals surface area contributed by atoms with Crippen LogP contribution in [-0.2, 0) is 10.1 Å². The van der Waals surface area contributed by atoms with Crippen molar-refractivity contribution in [1.29, 1.82) is 0 Å². The number of rotatable bonds is 2. The molecule has 0 aromatic heterocycles. The Bertz CT molecular complexity index is 802. The van der Waals surface area contributed by atoms with Crippen LogP contribution < -0.4 is 11.5 Å². The monoisotopic (exact) mass is 299 g/mol. The fourth-order valence-electron chi connectivity index (χ4n) is 1.82. The maximum Gasteiger partial charge on any atom is 0.295 e. The number of thiol groups is 1. The molecule has 2 aromatic carbocycles. The predicted molar refractivity (Wildman–Crippen MR) is 75.3 cm³/mol. The van der Waals surface area contributed by atoms with Gasteiger partial charge in [0, 0.05) is 21.4 Å². The lowest BCUT2D eigenvalue weighted by Gasteiger charge is -2.11. The Balaban J connectivity index is 3.13. The molecule has 0 aliphatic rings. The van der Waals surface area contributed by atoms with E-state index in [9.17, 15) is 13.3 Å². The molecule has 0 aliphatic carbocycles. The van der Waals surface area contributed by atoms with Gasteiger partial charge in [0.15, 0.2) is 0 Å². The van der Waals surface area contributed by atoms with Crippen LogP contribution in [0.1, 0.15) is 0 Å². The molecule has 0 fully saturated rings. The van der Waals surface area contributed by atoms with Gasteiger partial charge in [0.05, 0.1) is 5.69 Å². The van der Waals surface area contributed by atoms with Gasteiger partial charge in [-0.15, -0.1) is 17.5 Å². The summed E-state index contributed by atoms with van der Waals surface area (Å²) in [4.78, 5) is 10.6. The van der Waals surface area contributed by atoms with E-state index in [1.807, 2.05) is 0 Å². The molecule has 9 heteroatoms. The molecule has 0 unspecified atom stereocenters. The second-order valence-corrected chi connectivity index (χ2v) is 5.67. The fourth-order valence-corrected chi connectivity index (χ4v) is 2.73. The van der Waals surface area contributed by atoms with E-state index in [2.05, 4.69) is 17.8 Å². The summed E-state index contributed by atoms with van der Waals surface area (Å²) in [5, 5.41) is 2.87. The molecule has 0 radical (unpaired) electrons. The van der Waals surface area contributed by atoms with Crippen LogP contribution in [0.3, 0.4) is 0 Å². The van der Waals surface area contributed by atoms with E-state index in [0.717, 1.165) is 6.07 Å². The van der Waals surface area contributed by atoms with Gasteiger partial charge in [-0.3, -0.25) is 4.55 Å². The zero-order chi connectivity index (χ0) is 14.4. The predicted octanol–water partition coefficient (Wildman–Crippen LogP) is 1.94. The lowest BCUT2D eigenvalue weighted by Crippen LogP contribution is -2.02. The van der Waals surface area contributed by atoms with E-state index < -0.39 is 15.0 Å². The minimum absolute atomic E-state index is 0.00924. The number of fused-ring (bicyclic) bond motifs is 1. The average molecular weight is 299 g/mol. The highest BCUT2D eigenvalue weighted by Gasteiger charge is 2.20.